The maximum Gasteiger partial charge on any atom is 0.241 e. The van der Waals surface area contributed by atoms with Gasteiger partial charge >= 0.3 is 0 Å². The zero-order valence-corrected chi connectivity index (χ0v) is 11.0. The molecular formula is C11H23N3O2. The molecule has 0 aliphatic heterocycles. The minimum atomic E-state index is -0.0469. The van der Waals surface area contributed by atoms with Crippen LogP contribution in [0.25, 0.3) is 0 Å². The van der Waals surface area contributed by atoms with Crippen LogP contribution in [-0.2, 0) is 9.59 Å². The molecule has 5 nitrogen and oxygen atoms in total. The molecule has 94 valence electrons. The molecule has 0 heterocycles. The zero-order chi connectivity index (χ0) is 12.7. The summed E-state index contributed by atoms with van der Waals surface area (Å²) in [6.45, 7) is 5.80. The quantitative estimate of drug-likeness (QED) is 0.637. The van der Waals surface area contributed by atoms with E-state index in [1.807, 2.05) is 25.8 Å². The molecule has 0 aromatic carbocycles. The van der Waals surface area contributed by atoms with Crippen LogP contribution in [0.2, 0.25) is 0 Å². The van der Waals surface area contributed by atoms with E-state index in [1.165, 1.54) is 4.90 Å². The summed E-state index contributed by atoms with van der Waals surface area (Å²) >= 11 is 0. The summed E-state index contributed by atoms with van der Waals surface area (Å²) in [5.41, 5.74) is 0. The molecule has 16 heavy (non-hydrogen) atoms. The second-order valence-corrected chi connectivity index (χ2v) is 4.03. The van der Waals surface area contributed by atoms with Gasteiger partial charge in [0, 0.05) is 20.6 Å². The van der Waals surface area contributed by atoms with Gasteiger partial charge in [0.15, 0.2) is 0 Å². The Labute approximate surface area is 98.0 Å². The van der Waals surface area contributed by atoms with Crippen molar-refractivity contribution in [2.45, 2.75) is 13.8 Å². The van der Waals surface area contributed by atoms with E-state index in [1.54, 1.807) is 19.0 Å². The van der Waals surface area contributed by atoms with Crippen LogP contribution in [-0.4, -0.2) is 73.8 Å². The molecular weight excluding hydrogens is 206 g/mol. The molecule has 0 aromatic heterocycles. The molecule has 0 unspecified atom stereocenters. The van der Waals surface area contributed by atoms with Crippen LogP contribution in [0.1, 0.15) is 13.8 Å². The van der Waals surface area contributed by atoms with Crippen LogP contribution in [0.3, 0.4) is 0 Å². The predicted octanol–water partition coefficient (Wildman–Crippen LogP) is -0.125. The van der Waals surface area contributed by atoms with Crippen molar-refractivity contribution in [1.29, 1.82) is 0 Å². The molecule has 0 bridgehead atoms. The lowest BCUT2D eigenvalue weighted by Crippen LogP contribution is -2.44. The van der Waals surface area contributed by atoms with Crippen LogP contribution in [0.5, 0.6) is 0 Å². The van der Waals surface area contributed by atoms with Crippen LogP contribution in [0.4, 0.5) is 0 Å². The fourth-order valence-electron chi connectivity index (χ4n) is 1.12. The van der Waals surface area contributed by atoms with Crippen molar-refractivity contribution in [3.63, 3.8) is 0 Å². The van der Waals surface area contributed by atoms with Gasteiger partial charge in [-0.15, -0.1) is 0 Å². The van der Waals surface area contributed by atoms with Crippen molar-refractivity contribution in [3.05, 3.63) is 0 Å². The van der Waals surface area contributed by atoms with E-state index < -0.39 is 0 Å². The minimum Gasteiger partial charge on any atom is -0.347 e. The van der Waals surface area contributed by atoms with Crippen LogP contribution < -0.4 is 0 Å². The Morgan fingerprint density at radius 3 is 1.81 bits per heavy atom. The Morgan fingerprint density at radius 2 is 1.44 bits per heavy atom. The average molecular weight is 229 g/mol. The highest BCUT2D eigenvalue weighted by molar-refractivity contribution is 5.85. The van der Waals surface area contributed by atoms with Crippen LogP contribution >= 0.6 is 0 Å². The van der Waals surface area contributed by atoms with E-state index in [-0.39, 0.29) is 18.4 Å². The summed E-state index contributed by atoms with van der Waals surface area (Å²) in [6, 6.07) is 0. The number of hydrogen-bond donors (Lipinski definition) is 0. The second kappa shape index (κ2) is 7.22. The van der Waals surface area contributed by atoms with Gasteiger partial charge in [-0.25, -0.2) is 0 Å². The SMILES string of the molecule is CCN(C)CC(=O)N(CC)CC(=O)N(C)C. The van der Waals surface area contributed by atoms with E-state index >= 15 is 0 Å². The Hall–Kier alpha value is -1.10. The zero-order valence-electron chi connectivity index (χ0n) is 11.0. The third-order valence-electron chi connectivity index (χ3n) is 2.50. The summed E-state index contributed by atoms with van der Waals surface area (Å²) in [4.78, 5) is 28.3. The Bertz CT molecular complexity index is 241. The maximum absolute atomic E-state index is 11.8. The van der Waals surface area contributed by atoms with Crippen molar-refractivity contribution in [2.75, 3.05) is 47.3 Å². The molecule has 0 atom stereocenters. The molecule has 2 amide bonds. The van der Waals surface area contributed by atoms with Crippen molar-refractivity contribution >= 4 is 11.8 Å². The van der Waals surface area contributed by atoms with Crippen molar-refractivity contribution in [2.24, 2.45) is 0 Å². The molecule has 5 heteroatoms. The number of rotatable bonds is 6. The largest absolute Gasteiger partial charge is 0.347 e. The van der Waals surface area contributed by atoms with Crippen molar-refractivity contribution in [1.82, 2.24) is 14.7 Å². The first-order valence-corrected chi connectivity index (χ1v) is 5.58. The van der Waals surface area contributed by atoms with Gasteiger partial charge in [-0.3, -0.25) is 14.5 Å². The second-order valence-electron chi connectivity index (χ2n) is 4.03. The topological polar surface area (TPSA) is 43.9 Å². The fraction of sp³-hybridized carbons (Fsp3) is 0.818. The smallest absolute Gasteiger partial charge is 0.241 e. The lowest BCUT2D eigenvalue weighted by molar-refractivity contribution is -0.139. The molecule has 0 rings (SSSR count). The average Bonchev–Trinajstić information content (AvgIpc) is 2.24. The molecule has 0 aromatic rings. The Balaban J connectivity index is 4.27. The monoisotopic (exact) mass is 229 g/mol. The van der Waals surface area contributed by atoms with E-state index in [2.05, 4.69) is 0 Å². The van der Waals surface area contributed by atoms with E-state index in [0.717, 1.165) is 6.54 Å². The van der Waals surface area contributed by atoms with Gasteiger partial charge in [-0.1, -0.05) is 6.92 Å². The Kier molecular flexibility index (Phi) is 6.72. The van der Waals surface area contributed by atoms with Gasteiger partial charge in [-0.2, -0.15) is 0 Å². The molecule has 0 N–H and O–H groups in total. The van der Waals surface area contributed by atoms with Crippen LogP contribution in [0.15, 0.2) is 0 Å². The standard InChI is InChI=1S/C11H23N3O2/c1-6-13(5)8-11(16)14(7-2)9-10(15)12(3)4/h6-9H2,1-5H3. The van der Waals surface area contributed by atoms with Gasteiger partial charge in [0.1, 0.15) is 0 Å². The van der Waals surface area contributed by atoms with Gasteiger partial charge in [-0.05, 0) is 20.5 Å². The number of carbonyl (C=O) groups is 2. The normalized spacial score (nSPS) is 10.4. The van der Waals surface area contributed by atoms with Gasteiger partial charge < -0.3 is 9.80 Å². The molecule has 0 aliphatic carbocycles. The highest BCUT2D eigenvalue weighted by Gasteiger charge is 2.17. The third-order valence-corrected chi connectivity index (χ3v) is 2.50. The van der Waals surface area contributed by atoms with E-state index in [9.17, 15) is 9.59 Å². The van der Waals surface area contributed by atoms with Crippen molar-refractivity contribution < 1.29 is 9.59 Å². The molecule has 0 radical (unpaired) electrons. The number of amides is 2. The van der Waals surface area contributed by atoms with E-state index in [0.29, 0.717) is 13.1 Å². The number of hydrogen-bond acceptors (Lipinski definition) is 3. The molecule has 0 spiro atoms. The number of nitrogens with zero attached hydrogens (tertiary/aromatic N) is 3. The van der Waals surface area contributed by atoms with Gasteiger partial charge in [0.25, 0.3) is 0 Å². The van der Waals surface area contributed by atoms with Crippen LogP contribution in [0, 0.1) is 0 Å². The molecule has 0 fully saturated rings. The fourth-order valence-corrected chi connectivity index (χ4v) is 1.12. The Morgan fingerprint density at radius 1 is 0.875 bits per heavy atom. The highest BCUT2D eigenvalue weighted by atomic mass is 16.2. The first kappa shape index (κ1) is 14.9. The minimum absolute atomic E-state index is 0.00190. The lowest BCUT2D eigenvalue weighted by atomic mass is 10.4. The van der Waals surface area contributed by atoms with Gasteiger partial charge in [0.05, 0.1) is 13.1 Å². The summed E-state index contributed by atoms with van der Waals surface area (Å²) in [6.07, 6.45) is 0. The molecule has 0 saturated heterocycles. The molecule has 0 saturated carbocycles. The van der Waals surface area contributed by atoms with Crippen molar-refractivity contribution in [3.8, 4) is 0 Å². The first-order valence-electron chi connectivity index (χ1n) is 5.58. The first-order chi connectivity index (χ1) is 7.42. The maximum atomic E-state index is 11.8. The van der Waals surface area contributed by atoms with E-state index in [4.69, 9.17) is 0 Å². The number of likely N-dealkylation sites (N-methyl/N-ethyl adjacent to an activating group) is 3. The third kappa shape index (κ3) is 5.11. The lowest BCUT2D eigenvalue weighted by Gasteiger charge is -2.24. The summed E-state index contributed by atoms with van der Waals surface area (Å²) in [7, 11) is 5.27. The van der Waals surface area contributed by atoms with Gasteiger partial charge in [0.2, 0.25) is 11.8 Å². The predicted molar refractivity (Wildman–Crippen MR) is 64.1 cm³/mol. The molecule has 0 aliphatic rings. The summed E-state index contributed by atoms with van der Waals surface area (Å²) < 4.78 is 0. The summed E-state index contributed by atoms with van der Waals surface area (Å²) in [5, 5.41) is 0. The summed E-state index contributed by atoms with van der Waals surface area (Å²) in [5.74, 6) is -0.0450. The highest BCUT2D eigenvalue weighted by Crippen LogP contribution is 1.94. The number of carbonyl (C=O) groups excluding carboxylic acids is 2.